The lowest BCUT2D eigenvalue weighted by molar-refractivity contribution is 0.522. The highest BCUT2D eigenvalue weighted by Crippen LogP contribution is 2.22. The number of imidazole rings is 1. The average Bonchev–Trinajstić information content (AvgIpc) is 3.03. The maximum atomic E-state index is 6.13. The van der Waals surface area contributed by atoms with Crippen LogP contribution in [0.2, 0.25) is 0 Å². The van der Waals surface area contributed by atoms with Crippen molar-refractivity contribution in [2.24, 2.45) is 10.7 Å². The van der Waals surface area contributed by atoms with Gasteiger partial charge in [-0.3, -0.25) is 0 Å². The van der Waals surface area contributed by atoms with Crippen molar-refractivity contribution in [3.8, 4) is 0 Å². The van der Waals surface area contributed by atoms with Crippen LogP contribution in [0.5, 0.6) is 0 Å². The molecule has 1 aliphatic heterocycles. The minimum absolute atomic E-state index is 0. The van der Waals surface area contributed by atoms with Gasteiger partial charge >= 0.3 is 0 Å². The number of fused-ring (bicyclic) bond motifs is 1. The fourth-order valence-electron chi connectivity index (χ4n) is 3.28. The van der Waals surface area contributed by atoms with E-state index in [1.165, 1.54) is 29.8 Å². The molecule has 0 saturated carbocycles. The summed E-state index contributed by atoms with van der Waals surface area (Å²) in [6.07, 6.45) is 7.60. The normalized spacial score (nSPS) is 13.9. The Morgan fingerprint density at radius 3 is 2.60 bits per heavy atom. The van der Waals surface area contributed by atoms with Crippen LogP contribution in [0.4, 0.5) is 5.69 Å². The summed E-state index contributed by atoms with van der Waals surface area (Å²) in [6.45, 7) is 5.91. The summed E-state index contributed by atoms with van der Waals surface area (Å²) in [5.41, 5.74) is 10.8. The maximum Gasteiger partial charge on any atom is 0.193 e. The van der Waals surface area contributed by atoms with E-state index in [2.05, 4.69) is 58.1 Å². The van der Waals surface area contributed by atoms with Gasteiger partial charge in [0.2, 0.25) is 0 Å². The van der Waals surface area contributed by atoms with E-state index in [1.54, 1.807) is 0 Å². The van der Waals surface area contributed by atoms with Crippen LogP contribution in [-0.2, 0) is 32.4 Å². The molecule has 2 aromatic rings. The number of nitrogens with zero attached hydrogens (tertiary/aromatic N) is 3. The number of halogens is 1. The molecule has 5 nitrogen and oxygen atoms in total. The number of guanidine groups is 1. The van der Waals surface area contributed by atoms with Crippen molar-refractivity contribution in [2.75, 3.05) is 5.32 Å². The Hall–Kier alpha value is -1.57. The number of rotatable bonds is 5. The molecular weight excluding hydrogens is 425 g/mol. The number of hydrogen-bond acceptors (Lipinski definition) is 2. The standard InChI is InChI=1S/C19H27N5.HI/c1-3-14-8-7-9-15(4-2)18(14)23-19(20)21-12-16-13-24-11-6-5-10-17(24)22-16;/h7-9,13H,3-6,10-12H2,1-2H3,(H3,20,21,23);1H. The Kier molecular flexibility index (Phi) is 7.28. The second-order valence-corrected chi connectivity index (χ2v) is 6.28. The Labute approximate surface area is 167 Å². The molecule has 0 spiro atoms. The third-order valence-corrected chi connectivity index (χ3v) is 4.62. The molecule has 1 aliphatic rings. The number of benzene rings is 1. The van der Waals surface area contributed by atoms with Crippen LogP contribution in [0.3, 0.4) is 0 Å². The first-order valence-electron chi connectivity index (χ1n) is 8.93. The summed E-state index contributed by atoms with van der Waals surface area (Å²) in [7, 11) is 0. The number of aryl methyl sites for hydroxylation is 4. The molecule has 0 aliphatic carbocycles. The SMILES string of the molecule is CCc1cccc(CC)c1NC(N)=NCc1cn2c(n1)CCCC2.I. The van der Waals surface area contributed by atoms with E-state index in [0.29, 0.717) is 12.5 Å². The molecule has 1 aromatic carbocycles. The molecule has 0 bridgehead atoms. The molecule has 136 valence electrons. The fourth-order valence-corrected chi connectivity index (χ4v) is 3.28. The smallest absolute Gasteiger partial charge is 0.193 e. The number of anilines is 1. The van der Waals surface area contributed by atoms with Gasteiger partial charge in [0.25, 0.3) is 0 Å². The summed E-state index contributed by atoms with van der Waals surface area (Å²) in [6, 6.07) is 6.38. The summed E-state index contributed by atoms with van der Waals surface area (Å²) in [4.78, 5) is 9.16. The zero-order valence-corrected chi connectivity index (χ0v) is 17.4. The lowest BCUT2D eigenvalue weighted by Crippen LogP contribution is -2.24. The van der Waals surface area contributed by atoms with Crippen LogP contribution in [-0.4, -0.2) is 15.5 Å². The number of hydrogen-bond donors (Lipinski definition) is 2. The summed E-state index contributed by atoms with van der Waals surface area (Å²) in [5, 5.41) is 3.31. The van der Waals surface area contributed by atoms with Gasteiger partial charge in [0, 0.05) is 24.8 Å². The predicted octanol–water partition coefficient (Wildman–Crippen LogP) is 3.89. The highest BCUT2D eigenvalue weighted by molar-refractivity contribution is 14.0. The lowest BCUT2D eigenvalue weighted by Gasteiger charge is -2.14. The third-order valence-electron chi connectivity index (χ3n) is 4.62. The Bertz CT molecular complexity index is 690. The molecule has 0 atom stereocenters. The Morgan fingerprint density at radius 1 is 1.24 bits per heavy atom. The van der Waals surface area contributed by atoms with Gasteiger partial charge in [-0.15, -0.1) is 24.0 Å². The monoisotopic (exact) mass is 453 g/mol. The quantitative estimate of drug-likeness (QED) is 0.410. The summed E-state index contributed by atoms with van der Waals surface area (Å²) in [5.74, 6) is 1.64. The van der Waals surface area contributed by atoms with Crippen LogP contribution in [0.15, 0.2) is 29.4 Å². The lowest BCUT2D eigenvalue weighted by atomic mass is 10.0. The molecule has 1 aromatic heterocycles. The molecule has 3 rings (SSSR count). The average molecular weight is 453 g/mol. The van der Waals surface area contributed by atoms with E-state index in [4.69, 9.17) is 5.73 Å². The van der Waals surface area contributed by atoms with Crippen molar-refractivity contribution in [2.45, 2.75) is 59.0 Å². The predicted molar refractivity (Wildman–Crippen MR) is 115 cm³/mol. The van der Waals surface area contributed by atoms with Gasteiger partial charge in [-0.1, -0.05) is 32.0 Å². The van der Waals surface area contributed by atoms with Gasteiger partial charge in [-0.25, -0.2) is 9.98 Å². The summed E-state index contributed by atoms with van der Waals surface area (Å²) < 4.78 is 2.25. The van der Waals surface area contributed by atoms with E-state index in [-0.39, 0.29) is 24.0 Å². The molecule has 0 unspecified atom stereocenters. The molecular formula is C19H28IN5. The van der Waals surface area contributed by atoms with Crippen molar-refractivity contribution in [1.82, 2.24) is 9.55 Å². The largest absolute Gasteiger partial charge is 0.370 e. The van der Waals surface area contributed by atoms with Crippen LogP contribution in [0.1, 0.15) is 49.3 Å². The van der Waals surface area contributed by atoms with Gasteiger partial charge < -0.3 is 15.6 Å². The van der Waals surface area contributed by atoms with Crippen LogP contribution in [0.25, 0.3) is 0 Å². The zero-order valence-electron chi connectivity index (χ0n) is 15.1. The van der Waals surface area contributed by atoms with Gasteiger partial charge in [0.1, 0.15) is 5.82 Å². The first kappa shape index (κ1) is 19.8. The van der Waals surface area contributed by atoms with Crippen molar-refractivity contribution in [3.05, 3.63) is 47.0 Å². The maximum absolute atomic E-state index is 6.13. The van der Waals surface area contributed by atoms with Crippen molar-refractivity contribution >= 4 is 35.6 Å². The van der Waals surface area contributed by atoms with Crippen molar-refractivity contribution in [1.29, 1.82) is 0 Å². The molecule has 3 N–H and O–H groups in total. The topological polar surface area (TPSA) is 68.2 Å². The molecule has 2 heterocycles. The number of nitrogens with one attached hydrogen (secondary N) is 1. The minimum atomic E-state index is 0. The van der Waals surface area contributed by atoms with Gasteiger partial charge in [-0.05, 0) is 36.8 Å². The van der Waals surface area contributed by atoms with Crippen LogP contribution in [0, 0.1) is 0 Å². The van der Waals surface area contributed by atoms with E-state index in [0.717, 1.165) is 37.2 Å². The molecule has 0 radical (unpaired) electrons. The second-order valence-electron chi connectivity index (χ2n) is 6.28. The van der Waals surface area contributed by atoms with E-state index in [1.807, 2.05) is 0 Å². The highest BCUT2D eigenvalue weighted by atomic mass is 127. The van der Waals surface area contributed by atoms with Gasteiger partial charge in [0.15, 0.2) is 5.96 Å². The zero-order chi connectivity index (χ0) is 16.9. The number of aromatic nitrogens is 2. The van der Waals surface area contributed by atoms with Crippen LogP contribution >= 0.6 is 24.0 Å². The first-order chi connectivity index (χ1) is 11.7. The summed E-state index contributed by atoms with van der Waals surface area (Å²) >= 11 is 0. The van der Waals surface area contributed by atoms with Crippen LogP contribution < -0.4 is 11.1 Å². The van der Waals surface area contributed by atoms with E-state index < -0.39 is 0 Å². The van der Waals surface area contributed by atoms with Crippen molar-refractivity contribution < 1.29 is 0 Å². The highest BCUT2D eigenvalue weighted by Gasteiger charge is 2.12. The third kappa shape index (κ3) is 4.74. The molecule has 0 saturated heterocycles. The van der Waals surface area contributed by atoms with Crippen molar-refractivity contribution in [3.63, 3.8) is 0 Å². The molecule has 6 heteroatoms. The minimum Gasteiger partial charge on any atom is -0.370 e. The van der Waals surface area contributed by atoms with Gasteiger partial charge in [0.05, 0.1) is 12.2 Å². The van der Waals surface area contributed by atoms with E-state index >= 15 is 0 Å². The molecule has 0 fully saturated rings. The van der Waals surface area contributed by atoms with E-state index in [9.17, 15) is 0 Å². The second kappa shape index (κ2) is 9.22. The first-order valence-corrected chi connectivity index (χ1v) is 8.93. The van der Waals surface area contributed by atoms with Gasteiger partial charge in [-0.2, -0.15) is 0 Å². The Morgan fingerprint density at radius 2 is 1.96 bits per heavy atom. The Balaban J connectivity index is 0.00000225. The molecule has 25 heavy (non-hydrogen) atoms. The fraction of sp³-hybridized carbons (Fsp3) is 0.474. The number of aliphatic imine (C=N–C) groups is 1. The number of nitrogens with two attached hydrogens (primary N) is 1. The molecule has 0 amide bonds. The number of para-hydroxylation sites is 1.